The molecular weight excluding hydrogens is 318 g/mol. The molecular formula is C18H25N5O2. The summed E-state index contributed by atoms with van der Waals surface area (Å²) in [5, 5.41) is 12.9. The van der Waals surface area contributed by atoms with Crippen molar-refractivity contribution in [3.8, 4) is 0 Å². The van der Waals surface area contributed by atoms with Crippen molar-refractivity contribution in [3.63, 3.8) is 0 Å². The Hall–Kier alpha value is -2.44. The summed E-state index contributed by atoms with van der Waals surface area (Å²) in [7, 11) is 0. The Kier molecular flexibility index (Phi) is 5.01. The first-order valence-electron chi connectivity index (χ1n) is 8.69. The van der Waals surface area contributed by atoms with Crippen LogP contribution in [0.2, 0.25) is 0 Å². The predicted molar refractivity (Wildman–Crippen MR) is 93.0 cm³/mol. The van der Waals surface area contributed by atoms with Gasteiger partial charge in [-0.1, -0.05) is 30.3 Å². The molecule has 0 unspecified atom stereocenters. The molecule has 1 aromatic carbocycles. The molecule has 0 atom stereocenters. The van der Waals surface area contributed by atoms with Crippen molar-refractivity contribution in [3.05, 3.63) is 41.7 Å². The van der Waals surface area contributed by atoms with Gasteiger partial charge in [-0.05, 0) is 44.4 Å². The smallest absolute Gasteiger partial charge is 0.410 e. The highest BCUT2D eigenvalue weighted by Gasteiger charge is 2.28. The Morgan fingerprint density at radius 3 is 2.48 bits per heavy atom. The topological polar surface area (TPSA) is 73.1 Å². The Bertz CT molecular complexity index is 700. The molecule has 0 aliphatic carbocycles. The lowest BCUT2D eigenvalue weighted by molar-refractivity contribution is 0.0866. The van der Waals surface area contributed by atoms with Crippen molar-refractivity contribution in [2.24, 2.45) is 0 Å². The van der Waals surface area contributed by atoms with Crippen molar-refractivity contribution in [1.82, 2.24) is 25.1 Å². The first kappa shape index (κ1) is 17.4. The van der Waals surface area contributed by atoms with Gasteiger partial charge in [0.25, 0.3) is 0 Å². The number of carbonyl (C=O) groups is 1. The molecule has 0 bridgehead atoms. The number of hydrogen-bond donors (Lipinski definition) is 0. The SMILES string of the molecule is CC(C)(C)n1nnc(C2CCN(C(=O)OCc3ccccc3)CC2)n1. The van der Waals surface area contributed by atoms with Gasteiger partial charge < -0.3 is 9.64 Å². The van der Waals surface area contributed by atoms with E-state index in [2.05, 4.69) is 15.4 Å². The average molecular weight is 343 g/mol. The van der Waals surface area contributed by atoms with Crippen molar-refractivity contribution in [2.75, 3.05) is 13.1 Å². The summed E-state index contributed by atoms with van der Waals surface area (Å²) in [6, 6.07) is 9.71. The summed E-state index contributed by atoms with van der Waals surface area (Å²) in [5.74, 6) is 1.02. The molecule has 1 aromatic heterocycles. The zero-order chi connectivity index (χ0) is 17.9. The van der Waals surface area contributed by atoms with Gasteiger partial charge in [0.1, 0.15) is 6.61 Å². The summed E-state index contributed by atoms with van der Waals surface area (Å²) in [6.45, 7) is 7.75. The zero-order valence-corrected chi connectivity index (χ0v) is 15.1. The van der Waals surface area contributed by atoms with E-state index in [1.54, 1.807) is 9.70 Å². The number of tetrazole rings is 1. The third-order valence-electron chi connectivity index (χ3n) is 4.35. The molecule has 1 aliphatic rings. The van der Waals surface area contributed by atoms with E-state index in [4.69, 9.17) is 4.74 Å². The number of carbonyl (C=O) groups excluding carboxylic acids is 1. The lowest BCUT2D eigenvalue weighted by atomic mass is 9.96. The zero-order valence-electron chi connectivity index (χ0n) is 15.1. The van der Waals surface area contributed by atoms with Gasteiger partial charge >= 0.3 is 6.09 Å². The number of ether oxygens (including phenoxy) is 1. The second kappa shape index (κ2) is 7.21. The maximum Gasteiger partial charge on any atom is 0.410 e. The number of amides is 1. The average Bonchev–Trinajstić information content (AvgIpc) is 3.11. The fourth-order valence-electron chi connectivity index (χ4n) is 2.80. The summed E-state index contributed by atoms with van der Waals surface area (Å²) >= 11 is 0. The van der Waals surface area contributed by atoms with E-state index in [0.717, 1.165) is 24.2 Å². The Balaban J connectivity index is 1.50. The Morgan fingerprint density at radius 1 is 1.20 bits per heavy atom. The fourth-order valence-corrected chi connectivity index (χ4v) is 2.80. The minimum atomic E-state index is -0.256. The first-order valence-corrected chi connectivity index (χ1v) is 8.69. The molecule has 1 amide bonds. The third-order valence-corrected chi connectivity index (χ3v) is 4.35. The quantitative estimate of drug-likeness (QED) is 0.857. The van der Waals surface area contributed by atoms with Crippen LogP contribution in [-0.4, -0.2) is 44.3 Å². The number of likely N-dealkylation sites (tertiary alicyclic amines) is 1. The molecule has 1 aliphatic heterocycles. The highest BCUT2D eigenvalue weighted by molar-refractivity contribution is 5.67. The van der Waals surface area contributed by atoms with Crippen LogP contribution in [0.5, 0.6) is 0 Å². The maximum absolute atomic E-state index is 12.2. The largest absolute Gasteiger partial charge is 0.445 e. The molecule has 2 heterocycles. The van der Waals surface area contributed by atoms with Gasteiger partial charge in [0.05, 0.1) is 5.54 Å². The lowest BCUT2D eigenvalue weighted by Gasteiger charge is -2.29. The highest BCUT2D eigenvalue weighted by Crippen LogP contribution is 2.26. The second-order valence-corrected chi connectivity index (χ2v) is 7.41. The van der Waals surface area contributed by atoms with Gasteiger partial charge in [-0.3, -0.25) is 0 Å². The van der Waals surface area contributed by atoms with Gasteiger partial charge in [0.15, 0.2) is 5.82 Å². The van der Waals surface area contributed by atoms with E-state index >= 15 is 0 Å². The summed E-state index contributed by atoms with van der Waals surface area (Å²) in [5.41, 5.74) is 0.821. The van der Waals surface area contributed by atoms with E-state index in [1.165, 1.54) is 0 Å². The molecule has 0 spiro atoms. The molecule has 1 fully saturated rings. The van der Waals surface area contributed by atoms with Crippen molar-refractivity contribution < 1.29 is 9.53 Å². The van der Waals surface area contributed by atoms with Crippen molar-refractivity contribution in [2.45, 2.75) is 51.7 Å². The Morgan fingerprint density at radius 2 is 1.88 bits per heavy atom. The minimum Gasteiger partial charge on any atom is -0.445 e. The van der Waals surface area contributed by atoms with Crippen LogP contribution in [-0.2, 0) is 16.9 Å². The molecule has 25 heavy (non-hydrogen) atoms. The molecule has 1 saturated heterocycles. The van der Waals surface area contributed by atoms with E-state index in [-0.39, 0.29) is 17.6 Å². The van der Waals surface area contributed by atoms with Crippen LogP contribution in [0.4, 0.5) is 4.79 Å². The normalized spacial score (nSPS) is 16.0. The van der Waals surface area contributed by atoms with Crippen LogP contribution < -0.4 is 0 Å². The van der Waals surface area contributed by atoms with Gasteiger partial charge in [-0.15, -0.1) is 10.2 Å². The summed E-state index contributed by atoms with van der Waals surface area (Å²) in [6.07, 6.45) is 1.40. The number of piperidine rings is 1. The van der Waals surface area contributed by atoms with Gasteiger partial charge in [-0.2, -0.15) is 4.80 Å². The first-order chi connectivity index (χ1) is 11.9. The molecule has 0 radical (unpaired) electrons. The summed E-state index contributed by atoms with van der Waals surface area (Å²) < 4.78 is 5.40. The molecule has 2 aromatic rings. The van der Waals surface area contributed by atoms with E-state index < -0.39 is 0 Å². The monoisotopic (exact) mass is 343 g/mol. The van der Waals surface area contributed by atoms with Gasteiger partial charge in [-0.25, -0.2) is 4.79 Å². The fraction of sp³-hybridized carbons (Fsp3) is 0.556. The minimum absolute atomic E-state index is 0.173. The number of benzene rings is 1. The third kappa shape index (κ3) is 4.35. The molecule has 134 valence electrons. The molecule has 7 nitrogen and oxygen atoms in total. The van der Waals surface area contributed by atoms with Crippen molar-refractivity contribution >= 4 is 6.09 Å². The molecule has 0 N–H and O–H groups in total. The molecule has 0 saturated carbocycles. The van der Waals surface area contributed by atoms with E-state index in [9.17, 15) is 4.79 Å². The van der Waals surface area contributed by atoms with E-state index in [1.807, 2.05) is 51.1 Å². The molecule has 3 rings (SSSR count). The standard InChI is InChI=1S/C18H25N5O2/c1-18(2,3)23-20-16(19-21-23)15-9-11-22(12-10-15)17(24)25-13-14-7-5-4-6-8-14/h4-8,15H,9-13H2,1-3H3. The lowest BCUT2D eigenvalue weighted by Crippen LogP contribution is -2.38. The van der Waals surface area contributed by atoms with Crippen LogP contribution in [0, 0.1) is 0 Å². The van der Waals surface area contributed by atoms with Gasteiger partial charge in [0.2, 0.25) is 0 Å². The Labute approximate surface area is 148 Å². The summed E-state index contributed by atoms with van der Waals surface area (Å²) in [4.78, 5) is 15.6. The van der Waals surface area contributed by atoms with E-state index in [0.29, 0.717) is 19.7 Å². The van der Waals surface area contributed by atoms with Gasteiger partial charge in [0, 0.05) is 19.0 Å². The molecule has 7 heteroatoms. The number of nitrogens with zero attached hydrogens (tertiary/aromatic N) is 5. The highest BCUT2D eigenvalue weighted by atomic mass is 16.6. The van der Waals surface area contributed by atoms with Crippen molar-refractivity contribution in [1.29, 1.82) is 0 Å². The van der Waals surface area contributed by atoms with Crippen LogP contribution in [0.1, 0.15) is 50.9 Å². The maximum atomic E-state index is 12.2. The number of hydrogen-bond acceptors (Lipinski definition) is 5. The number of aromatic nitrogens is 4. The second-order valence-electron chi connectivity index (χ2n) is 7.41. The van der Waals surface area contributed by atoms with Crippen LogP contribution in [0.25, 0.3) is 0 Å². The van der Waals surface area contributed by atoms with Crippen LogP contribution in [0.15, 0.2) is 30.3 Å². The van der Waals surface area contributed by atoms with Crippen LogP contribution in [0.3, 0.4) is 0 Å². The number of rotatable bonds is 3. The predicted octanol–water partition coefficient (Wildman–Crippen LogP) is 2.94. The van der Waals surface area contributed by atoms with Crippen LogP contribution >= 0.6 is 0 Å².